The van der Waals surface area contributed by atoms with Gasteiger partial charge in [0.15, 0.2) is 0 Å². The van der Waals surface area contributed by atoms with E-state index in [-0.39, 0.29) is 0 Å². The van der Waals surface area contributed by atoms with Crippen LogP contribution in [0.2, 0.25) is 0 Å². The number of aryl methyl sites for hydroxylation is 1. The predicted octanol–water partition coefficient (Wildman–Crippen LogP) is 2.12. The number of hydrogen-bond donors (Lipinski definition) is 1. The molecular formula is C17H24N2O. The lowest BCUT2D eigenvalue weighted by Crippen LogP contribution is -2.39. The fraction of sp³-hybridized carbons (Fsp3) is 0.647. The van der Waals surface area contributed by atoms with Gasteiger partial charge in [0, 0.05) is 38.1 Å². The van der Waals surface area contributed by atoms with Crippen molar-refractivity contribution in [3.8, 4) is 5.75 Å². The van der Waals surface area contributed by atoms with Crippen LogP contribution in [0.4, 0.5) is 0 Å². The highest BCUT2D eigenvalue weighted by atomic mass is 16.5. The Kier molecular flexibility index (Phi) is 3.20. The average molecular weight is 272 g/mol. The number of fused-ring (bicyclic) bond motifs is 1. The third kappa shape index (κ3) is 2.57. The molecule has 3 heteroatoms. The maximum atomic E-state index is 6.03. The first-order valence-corrected chi connectivity index (χ1v) is 8.01. The van der Waals surface area contributed by atoms with E-state index >= 15 is 0 Å². The standard InChI is InChI=1S/C17H24N2O/c1-12-2-5-17-13(8-12)9-16(20-17)10-18-14-6-7-19(11-14)15-3-4-15/h2,5,8,14-16,18H,3-4,6-7,9-11H2,1H3. The van der Waals surface area contributed by atoms with E-state index in [0.29, 0.717) is 12.1 Å². The summed E-state index contributed by atoms with van der Waals surface area (Å²) in [6.07, 6.45) is 5.53. The number of likely N-dealkylation sites (tertiary alicyclic amines) is 1. The third-order valence-corrected chi connectivity index (χ3v) is 4.87. The topological polar surface area (TPSA) is 24.5 Å². The van der Waals surface area contributed by atoms with Gasteiger partial charge in [-0.25, -0.2) is 0 Å². The summed E-state index contributed by atoms with van der Waals surface area (Å²) in [6, 6.07) is 8.11. The number of benzene rings is 1. The van der Waals surface area contributed by atoms with Gasteiger partial charge < -0.3 is 10.1 Å². The van der Waals surface area contributed by atoms with Crippen LogP contribution in [0, 0.1) is 6.92 Å². The number of nitrogens with zero attached hydrogens (tertiary/aromatic N) is 1. The Balaban J connectivity index is 1.27. The molecule has 3 aliphatic rings. The van der Waals surface area contributed by atoms with Gasteiger partial charge in [-0.3, -0.25) is 4.90 Å². The Morgan fingerprint density at radius 2 is 2.20 bits per heavy atom. The highest BCUT2D eigenvalue weighted by Gasteiger charge is 2.34. The van der Waals surface area contributed by atoms with Crippen LogP contribution in [-0.4, -0.2) is 42.7 Å². The lowest BCUT2D eigenvalue weighted by molar-refractivity contribution is 0.220. The summed E-state index contributed by atoms with van der Waals surface area (Å²) in [4.78, 5) is 2.66. The summed E-state index contributed by atoms with van der Waals surface area (Å²) in [5.74, 6) is 1.09. The van der Waals surface area contributed by atoms with Crippen LogP contribution in [0.1, 0.15) is 30.4 Å². The van der Waals surface area contributed by atoms with E-state index in [9.17, 15) is 0 Å². The fourth-order valence-corrected chi connectivity index (χ4v) is 3.59. The molecule has 0 amide bonds. The molecule has 1 saturated heterocycles. The molecule has 2 fully saturated rings. The van der Waals surface area contributed by atoms with Crippen LogP contribution < -0.4 is 10.1 Å². The van der Waals surface area contributed by atoms with Gasteiger partial charge in [-0.1, -0.05) is 17.7 Å². The van der Waals surface area contributed by atoms with E-state index in [4.69, 9.17) is 4.74 Å². The molecule has 1 aliphatic carbocycles. The molecule has 2 aliphatic heterocycles. The molecule has 0 spiro atoms. The first kappa shape index (κ1) is 12.7. The molecule has 1 saturated carbocycles. The van der Waals surface area contributed by atoms with Crippen LogP contribution in [0.3, 0.4) is 0 Å². The van der Waals surface area contributed by atoms with Crippen molar-refractivity contribution in [1.82, 2.24) is 10.2 Å². The zero-order chi connectivity index (χ0) is 13.5. The van der Waals surface area contributed by atoms with Crippen molar-refractivity contribution >= 4 is 0 Å². The highest BCUT2D eigenvalue weighted by Crippen LogP contribution is 2.31. The maximum absolute atomic E-state index is 6.03. The van der Waals surface area contributed by atoms with Crippen molar-refractivity contribution in [2.75, 3.05) is 19.6 Å². The molecule has 1 N–H and O–H groups in total. The molecule has 3 nitrogen and oxygen atoms in total. The second-order valence-electron chi connectivity index (χ2n) is 6.68. The molecule has 108 valence electrons. The van der Waals surface area contributed by atoms with Crippen LogP contribution in [-0.2, 0) is 6.42 Å². The monoisotopic (exact) mass is 272 g/mol. The zero-order valence-electron chi connectivity index (χ0n) is 12.3. The van der Waals surface area contributed by atoms with Crippen molar-refractivity contribution in [3.05, 3.63) is 29.3 Å². The fourth-order valence-electron chi connectivity index (χ4n) is 3.59. The van der Waals surface area contributed by atoms with E-state index in [1.165, 1.54) is 43.5 Å². The minimum atomic E-state index is 0.321. The summed E-state index contributed by atoms with van der Waals surface area (Å²) in [7, 11) is 0. The first-order chi connectivity index (χ1) is 9.78. The van der Waals surface area contributed by atoms with Gasteiger partial charge in [0.2, 0.25) is 0 Å². The maximum Gasteiger partial charge on any atom is 0.123 e. The number of ether oxygens (including phenoxy) is 1. The van der Waals surface area contributed by atoms with Gasteiger partial charge in [0.05, 0.1) is 0 Å². The van der Waals surface area contributed by atoms with Gasteiger partial charge in [-0.15, -0.1) is 0 Å². The molecule has 0 bridgehead atoms. The Bertz CT molecular complexity index is 498. The Hall–Kier alpha value is -1.06. The van der Waals surface area contributed by atoms with Crippen LogP contribution in [0.5, 0.6) is 5.75 Å². The number of nitrogens with one attached hydrogen (secondary N) is 1. The Morgan fingerprint density at radius 3 is 3.05 bits per heavy atom. The van der Waals surface area contributed by atoms with Gasteiger partial charge in [0.25, 0.3) is 0 Å². The predicted molar refractivity (Wildman–Crippen MR) is 80.3 cm³/mol. The Morgan fingerprint density at radius 1 is 1.30 bits per heavy atom. The first-order valence-electron chi connectivity index (χ1n) is 8.01. The SMILES string of the molecule is Cc1ccc2c(c1)CC(CNC1CCN(C3CC3)C1)O2. The van der Waals surface area contributed by atoms with Gasteiger partial charge >= 0.3 is 0 Å². The quantitative estimate of drug-likeness (QED) is 0.908. The van der Waals surface area contributed by atoms with E-state index in [1.54, 1.807) is 0 Å². The highest BCUT2D eigenvalue weighted by molar-refractivity contribution is 5.40. The summed E-state index contributed by atoms with van der Waals surface area (Å²) in [6.45, 7) is 5.66. The van der Waals surface area contributed by atoms with Crippen molar-refractivity contribution in [2.45, 2.75) is 50.8 Å². The third-order valence-electron chi connectivity index (χ3n) is 4.87. The van der Waals surface area contributed by atoms with Crippen molar-refractivity contribution in [3.63, 3.8) is 0 Å². The zero-order valence-corrected chi connectivity index (χ0v) is 12.3. The van der Waals surface area contributed by atoms with Gasteiger partial charge in [-0.2, -0.15) is 0 Å². The normalized spacial score (nSPS) is 29.4. The van der Waals surface area contributed by atoms with Gasteiger partial charge in [0.1, 0.15) is 11.9 Å². The second kappa shape index (κ2) is 5.05. The van der Waals surface area contributed by atoms with Crippen LogP contribution >= 0.6 is 0 Å². The van der Waals surface area contributed by atoms with Crippen LogP contribution in [0.25, 0.3) is 0 Å². The molecule has 0 radical (unpaired) electrons. The molecule has 2 atom stereocenters. The van der Waals surface area contributed by atoms with Crippen molar-refractivity contribution in [2.24, 2.45) is 0 Å². The Labute approximate surface area is 121 Å². The summed E-state index contributed by atoms with van der Waals surface area (Å²) in [5, 5.41) is 3.72. The van der Waals surface area contributed by atoms with Crippen molar-refractivity contribution in [1.29, 1.82) is 0 Å². The second-order valence-corrected chi connectivity index (χ2v) is 6.68. The molecular weight excluding hydrogens is 248 g/mol. The largest absolute Gasteiger partial charge is 0.488 e. The number of rotatable bonds is 4. The van der Waals surface area contributed by atoms with Crippen LogP contribution in [0.15, 0.2) is 18.2 Å². The molecule has 0 aromatic heterocycles. The minimum Gasteiger partial charge on any atom is -0.488 e. The molecule has 1 aromatic rings. The minimum absolute atomic E-state index is 0.321. The molecule has 1 aromatic carbocycles. The molecule has 2 heterocycles. The molecule has 4 rings (SSSR count). The molecule has 20 heavy (non-hydrogen) atoms. The van der Waals surface area contributed by atoms with E-state index in [2.05, 4.69) is 35.3 Å². The van der Waals surface area contributed by atoms with E-state index in [1.807, 2.05) is 0 Å². The summed E-state index contributed by atoms with van der Waals surface area (Å²) >= 11 is 0. The van der Waals surface area contributed by atoms with E-state index < -0.39 is 0 Å². The summed E-state index contributed by atoms with van der Waals surface area (Å²) in [5.41, 5.74) is 2.71. The average Bonchev–Trinajstić information content (AvgIpc) is 3.04. The van der Waals surface area contributed by atoms with Crippen molar-refractivity contribution < 1.29 is 4.74 Å². The van der Waals surface area contributed by atoms with Gasteiger partial charge in [-0.05, 0) is 37.8 Å². The summed E-state index contributed by atoms with van der Waals surface area (Å²) < 4.78 is 6.03. The smallest absolute Gasteiger partial charge is 0.123 e. The lowest BCUT2D eigenvalue weighted by Gasteiger charge is -2.18. The number of hydrogen-bond acceptors (Lipinski definition) is 3. The molecule has 2 unspecified atom stereocenters. The lowest BCUT2D eigenvalue weighted by atomic mass is 10.1. The van der Waals surface area contributed by atoms with E-state index in [0.717, 1.165) is 24.8 Å².